The zero-order valence-electron chi connectivity index (χ0n) is 13.5. The molecule has 0 bridgehead atoms. The average molecular weight is 326 g/mol. The number of hydrogen-bond donors (Lipinski definition) is 4. The van der Waals surface area contributed by atoms with Crippen LogP contribution in [0.5, 0.6) is 5.75 Å². The molecule has 5 nitrogen and oxygen atoms in total. The summed E-state index contributed by atoms with van der Waals surface area (Å²) in [7, 11) is 0. The summed E-state index contributed by atoms with van der Waals surface area (Å²) < 4.78 is 12.9. The minimum Gasteiger partial charge on any atom is -0.507 e. The number of H-pyrrole nitrogens is 1. The number of phenols is 1. The van der Waals surface area contributed by atoms with Crippen molar-refractivity contribution in [2.24, 2.45) is 0 Å². The highest BCUT2D eigenvalue weighted by molar-refractivity contribution is 5.59. The Hall–Kier alpha value is -3.02. The molecular weight excluding hydrogens is 307 g/mol. The first-order valence-electron chi connectivity index (χ1n) is 7.62. The van der Waals surface area contributed by atoms with Crippen molar-refractivity contribution in [3.63, 3.8) is 0 Å². The number of aromatic nitrogens is 2. The Bertz CT molecular complexity index is 819. The van der Waals surface area contributed by atoms with Crippen LogP contribution in [0.25, 0.3) is 0 Å². The van der Waals surface area contributed by atoms with E-state index in [4.69, 9.17) is 0 Å². The van der Waals surface area contributed by atoms with Gasteiger partial charge in [0.05, 0.1) is 0 Å². The van der Waals surface area contributed by atoms with Crippen molar-refractivity contribution < 1.29 is 9.50 Å². The van der Waals surface area contributed by atoms with Gasteiger partial charge < -0.3 is 15.7 Å². The summed E-state index contributed by atoms with van der Waals surface area (Å²) in [6, 6.07) is 11.8. The number of nitrogens with zero attached hydrogens (tertiary/aromatic N) is 1. The van der Waals surface area contributed by atoms with E-state index < -0.39 is 0 Å². The van der Waals surface area contributed by atoms with Gasteiger partial charge in [0, 0.05) is 18.3 Å². The molecule has 0 atom stereocenters. The summed E-state index contributed by atoms with van der Waals surface area (Å²) in [5.41, 5.74) is 3.55. The van der Waals surface area contributed by atoms with Gasteiger partial charge in [-0.3, -0.25) is 5.10 Å². The van der Waals surface area contributed by atoms with Crippen molar-refractivity contribution in [3.8, 4) is 5.75 Å². The summed E-state index contributed by atoms with van der Waals surface area (Å²) in [5.74, 6) is 1.47. The number of aryl methyl sites for hydroxylation is 2. The largest absolute Gasteiger partial charge is 0.507 e. The molecule has 0 unspecified atom stereocenters. The average Bonchev–Trinajstić information content (AvgIpc) is 3.00. The minimum atomic E-state index is -0.271. The molecule has 0 radical (unpaired) electrons. The van der Waals surface area contributed by atoms with E-state index in [0.29, 0.717) is 23.9 Å². The predicted molar refractivity (Wildman–Crippen MR) is 93.2 cm³/mol. The molecule has 0 aliphatic carbocycles. The predicted octanol–water partition coefficient (Wildman–Crippen LogP) is 4.23. The van der Waals surface area contributed by atoms with Gasteiger partial charge in [0.2, 0.25) is 0 Å². The lowest BCUT2D eigenvalue weighted by Crippen LogP contribution is -2.00. The first-order chi connectivity index (χ1) is 11.5. The molecule has 124 valence electrons. The van der Waals surface area contributed by atoms with E-state index in [2.05, 4.69) is 20.8 Å². The molecule has 0 saturated carbocycles. The molecule has 0 fully saturated rings. The van der Waals surface area contributed by atoms with Gasteiger partial charge in [-0.05, 0) is 54.8 Å². The first-order valence-corrected chi connectivity index (χ1v) is 7.62. The molecule has 0 amide bonds. The standard InChI is InChI=1S/C18H19FN4O/c1-11-7-13(8-12(2)18(11)24)10-20-16-9-17(23-22-16)21-15-5-3-14(19)4-6-15/h3-9,24H,10H2,1-2H3,(H3,20,21,22,23). The van der Waals surface area contributed by atoms with Crippen LogP contribution in [0.1, 0.15) is 16.7 Å². The zero-order chi connectivity index (χ0) is 17.1. The maximum atomic E-state index is 12.9. The van der Waals surface area contributed by atoms with E-state index in [-0.39, 0.29) is 5.82 Å². The smallest absolute Gasteiger partial charge is 0.150 e. The fraction of sp³-hybridized carbons (Fsp3) is 0.167. The van der Waals surface area contributed by atoms with Crippen LogP contribution in [-0.4, -0.2) is 15.3 Å². The number of halogens is 1. The fourth-order valence-corrected chi connectivity index (χ4v) is 2.51. The molecule has 6 heteroatoms. The number of aromatic hydroxyl groups is 1. The summed E-state index contributed by atoms with van der Waals surface area (Å²) in [4.78, 5) is 0. The molecule has 3 rings (SSSR count). The van der Waals surface area contributed by atoms with Crippen LogP contribution in [0.2, 0.25) is 0 Å². The highest BCUT2D eigenvalue weighted by atomic mass is 19.1. The van der Waals surface area contributed by atoms with Crippen molar-refractivity contribution >= 4 is 17.3 Å². The van der Waals surface area contributed by atoms with Crippen LogP contribution in [0, 0.1) is 19.7 Å². The molecule has 2 aromatic carbocycles. The monoisotopic (exact) mass is 326 g/mol. The van der Waals surface area contributed by atoms with Crippen LogP contribution >= 0.6 is 0 Å². The molecule has 0 aliphatic heterocycles. The molecule has 1 heterocycles. The number of hydrogen-bond acceptors (Lipinski definition) is 4. The van der Waals surface area contributed by atoms with Gasteiger partial charge >= 0.3 is 0 Å². The van der Waals surface area contributed by atoms with Crippen molar-refractivity contribution in [3.05, 3.63) is 65.0 Å². The van der Waals surface area contributed by atoms with Gasteiger partial charge in [-0.25, -0.2) is 4.39 Å². The maximum absolute atomic E-state index is 12.9. The zero-order valence-corrected chi connectivity index (χ0v) is 13.5. The quantitative estimate of drug-likeness (QED) is 0.566. The van der Waals surface area contributed by atoms with Gasteiger partial charge in [-0.15, -0.1) is 0 Å². The third-order valence-electron chi connectivity index (χ3n) is 3.73. The Morgan fingerprint density at radius 3 is 2.42 bits per heavy atom. The van der Waals surface area contributed by atoms with Crippen molar-refractivity contribution in [1.82, 2.24) is 10.2 Å². The number of phenolic OH excluding ortho intramolecular Hbond substituents is 1. The molecule has 4 N–H and O–H groups in total. The van der Waals surface area contributed by atoms with Crippen LogP contribution in [0.15, 0.2) is 42.5 Å². The van der Waals surface area contributed by atoms with E-state index in [9.17, 15) is 9.50 Å². The lowest BCUT2D eigenvalue weighted by Gasteiger charge is -2.08. The van der Waals surface area contributed by atoms with Crippen LogP contribution in [0.4, 0.5) is 21.7 Å². The van der Waals surface area contributed by atoms with Crippen molar-refractivity contribution in [2.75, 3.05) is 10.6 Å². The normalized spacial score (nSPS) is 10.6. The third-order valence-corrected chi connectivity index (χ3v) is 3.73. The molecule has 1 aromatic heterocycles. The van der Waals surface area contributed by atoms with Crippen molar-refractivity contribution in [2.45, 2.75) is 20.4 Å². The van der Waals surface area contributed by atoms with Crippen LogP contribution < -0.4 is 10.6 Å². The Kier molecular flexibility index (Phi) is 4.37. The van der Waals surface area contributed by atoms with E-state index in [1.54, 1.807) is 12.1 Å². The molecule has 0 aliphatic rings. The van der Waals surface area contributed by atoms with Gasteiger partial charge in [-0.1, -0.05) is 12.1 Å². The molecule has 3 aromatic rings. The molecule has 0 saturated heterocycles. The van der Waals surface area contributed by atoms with Gasteiger partial charge in [0.25, 0.3) is 0 Å². The Labute approximate surface area is 139 Å². The lowest BCUT2D eigenvalue weighted by molar-refractivity contribution is 0.466. The third kappa shape index (κ3) is 3.65. The topological polar surface area (TPSA) is 73.0 Å². The number of benzene rings is 2. The van der Waals surface area contributed by atoms with Gasteiger partial charge in [0.15, 0.2) is 0 Å². The summed E-state index contributed by atoms with van der Waals surface area (Å²) in [6.45, 7) is 4.36. The van der Waals surface area contributed by atoms with E-state index >= 15 is 0 Å². The number of rotatable bonds is 5. The lowest BCUT2D eigenvalue weighted by atomic mass is 10.1. The second-order valence-electron chi connectivity index (χ2n) is 5.73. The van der Waals surface area contributed by atoms with Crippen molar-refractivity contribution in [1.29, 1.82) is 0 Å². The number of anilines is 3. The highest BCUT2D eigenvalue weighted by Gasteiger charge is 2.05. The van der Waals surface area contributed by atoms with Crippen LogP contribution in [0.3, 0.4) is 0 Å². The summed E-state index contributed by atoms with van der Waals surface area (Å²) in [5, 5.41) is 23.2. The second-order valence-corrected chi connectivity index (χ2v) is 5.73. The Balaban J connectivity index is 1.63. The fourth-order valence-electron chi connectivity index (χ4n) is 2.51. The molecule has 0 spiro atoms. The molecule has 24 heavy (non-hydrogen) atoms. The van der Waals surface area contributed by atoms with Gasteiger partial charge in [-0.2, -0.15) is 5.10 Å². The van der Waals surface area contributed by atoms with E-state index in [1.807, 2.05) is 32.0 Å². The van der Waals surface area contributed by atoms with E-state index in [0.717, 1.165) is 22.4 Å². The summed E-state index contributed by atoms with van der Waals surface area (Å²) in [6.07, 6.45) is 0. The SMILES string of the molecule is Cc1cc(CNc2cc(Nc3ccc(F)cc3)[nH]n2)cc(C)c1O. The summed E-state index contributed by atoms with van der Waals surface area (Å²) >= 11 is 0. The number of nitrogens with one attached hydrogen (secondary N) is 3. The Morgan fingerprint density at radius 1 is 1.08 bits per heavy atom. The Morgan fingerprint density at radius 2 is 1.75 bits per heavy atom. The number of aromatic amines is 1. The minimum absolute atomic E-state index is 0.271. The first kappa shape index (κ1) is 15.9. The van der Waals surface area contributed by atoms with E-state index in [1.165, 1.54) is 12.1 Å². The maximum Gasteiger partial charge on any atom is 0.150 e. The second kappa shape index (κ2) is 6.62. The van der Waals surface area contributed by atoms with Gasteiger partial charge in [0.1, 0.15) is 23.2 Å². The highest BCUT2D eigenvalue weighted by Crippen LogP contribution is 2.23. The molecular formula is C18H19FN4O. The van der Waals surface area contributed by atoms with Crippen LogP contribution in [-0.2, 0) is 6.54 Å².